The van der Waals surface area contributed by atoms with E-state index < -0.39 is 39.0 Å². The number of methoxy groups -OCH3 is 1. The monoisotopic (exact) mass is 488 g/mol. The third-order valence-electron chi connectivity index (χ3n) is 6.87. The lowest BCUT2D eigenvalue weighted by atomic mass is 9.98. The molecular weight excluding hydrogens is 448 g/mol. The highest BCUT2D eigenvalue weighted by molar-refractivity contribution is 6.74. The minimum atomic E-state index is -2.03. The largest absolute Gasteiger partial charge is 0.414 e. The zero-order chi connectivity index (χ0) is 24.8. The van der Waals surface area contributed by atoms with E-state index in [1.54, 1.807) is 7.11 Å². The van der Waals surface area contributed by atoms with Crippen LogP contribution in [0.3, 0.4) is 0 Å². The van der Waals surface area contributed by atoms with Gasteiger partial charge in [-0.1, -0.05) is 81.4 Å². The molecule has 0 aromatic heterocycles. The summed E-state index contributed by atoms with van der Waals surface area (Å²) in [6, 6.07) is 19.8. The molecule has 2 aromatic carbocycles. The van der Waals surface area contributed by atoms with Gasteiger partial charge < -0.3 is 28.5 Å². The molecule has 1 saturated heterocycles. The molecule has 2 aromatic rings. The van der Waals surface area contributed by atoms with Crippen molar-refractivity contribution < 1.29 is 28.5 Å². The number of hydrogen-bond donors (Lipinski definition) is 1. The standard InChI is InChI=1S/C27H40O6Si/c1-27(2,3)34(5,6)32-19-22-23(30-17-20-13-9-7-10-14-20)24(29-4)25(26(28)33-22)31-18-21-15-11-8-12-16-21/h7-16,22-26,28H,17-19H2,1-6H3/t22-,23+,24+,25-,26+/m1/s1. The number of rotatable bonds is 10. The van der Waals surface area contributed by atoms with Crippen molar-refractivity contribution in [3.63, 3.8) is 0 Å². The summed E-state index contributed by atoms with van der Waals surface area (Å²) >= 11 is 0. The van der Waals surface area contributed by atoms with Crippen LogP contribution in [0.15, 0.2) is 60.7 Å². The first-order valence-electron chi connectivity index (χ1n) is 11.9. The molecule has 5 atom stereocenters. The molecule has 1 aliphatic heterocycles. The Morgan fingerprint density at radius 3 is 1.79 bits per heavy atom. The summed E-state index contributed by atoms with van der Waals surface area (Å²) in [7, 11) is -0.408. The van der Waals surface area contributed by atoms with Crippen LogP contribution in [0.5, 0.6) is 0 Å². The van der Waals surface area contributed by atoms with Crippen LogP contribution in [0.4, 0.5) is 0 Å². The van der Waals surface area contributed by atoms with Gasteiger partial charge in [-0.25, -0.2) is 0 Å². The van der Waals surface area contributed by atoms with Crippen LogP contribution in [-0.4, -0.2) is 57.8 Å². The fraction of sp³-hybridized carbons (Fsp3) is 0.556. The van der Waals surface area contributed by atoms with Gasteiger partial charge in [0.2, 0.25) is 0 Å². The summed E-state index contributed by atoms with van der Waals surface area (Å²) < 4.78 is 30.8. The van der Waals surface area contributed by atoms with Gasteiger partial charge in [-0.05, 0) is 29.3 Å². The second kappa shape index (κ2) is 11.9. The highest BCUT2D eigenvalue weighted by Gasteiger charge is 2.48. The molecule has 1 N–H and O–H groups in total. The summed E-state index contributed by atoms with van der Waals surface area (Å²) in [6.07, 6.45) is -3.34. The first-order valence-corrected chi connectivity index (χ1v) is 14.8. The van der Waals surface area contributed by atoms with E-state index >= 15 is 0 Å². The van der Waals surface area contributed by atoms with Crippen LogP contribution in [0, 0.1) is 0 Å². The van der Waals surface area contributed by atoms with Crippen LogP contribution >= 0.6 is 0 Å². The van der Waals surface area contributed by atoms with E-state index in [9.17, 15) is 5.11 Å². The average Bonchev–Trinajstić information content (AvgIpc) is 2.81. The molecule has 1 aliphatic rings. The maximum atomic E-state index is 10.9. The van der Waals surface area contributed by atoms with Crippen LogP contribution < -0.4 is 0 Å². The molecule has 34 heavy (non-hydrogen) atoms. The van der Waals surface area contributed by atoms with E-state index in [4.69, 9.17) is 23.4 Å². The predicted octanol–water partition coefficient (Wildman–Crippen LogP) is 4.91. The molecule has 0 radical (unpaired) electrons. The van der Waals surface area contributed by atoms with Gasteiger partial charge in [0.1, 0.15) is 24.4 Å². The molecule has 3 rings (SSSR count). The van der Waals surface area contributed by atoms with Crippen molar-refractivity contribution in [2.45, 2.75) is 82.8 Å². The third-order valence-corrected chi connectivity index (χ3v) is 11.4. The molecule has 188 valence electrons. The van der Waals surface area contributed by atoms with Gasteiger partial charge in [0, 0.05) is 7.11 Å². The topological polar surface area (TPSA) is 66.4 Å². The molecule has 0 bridgehead atoms. The van der Waals surface area contributed by atoms with E-state index in [0.717, 1.165) is 11.1 Å². The first kappa shape index (κ1) is 27.0. The highest BCUT2D eigenvalue weighted by Crippen LogP contribution is 2.37. The number of hydrogen-bond acceptors (Lipinski definition) is 6. The van der Waals surface area contributed by atoms with Crippen molar-refractivity contribution in [2.75, 3.05) is 13.7 Å². The first-order chi connectivity index (χ1) is 16.1. The second-order valence-corrected chi connectivity index (χ2v) is 15.2. The van der Waals surface area contributed by atoms with Crippen LogP contribution in [0.2, 0.25) is 18.1 Å². The van der Waals surface area contributed by atoms with E-state index in [-0.39, 0.29) is 5.04 Å². The summed E-state index contributed by atoms with van der Waals surface area (Å²) in [5, 5.41) is 10.9. The Balaban J connectivity index is 1.77. The Morgan fingerprint density at radius 2 is 1.32 bits per heavy atom. The molecule has 0 amide bonds. The van der Waals surface area contributed by atoms with Gasteiger partial charge in [-0.15, -0.1) is 0 Å². The van der Waals surface area contributed by atoms with Gasteiger partial charge >= 0.3 is 0 Å². The zero-order valence-electron chi connectivity index (χ0n) is 21.3. The Bertz CT molecular complexity index is 854. The van der Waals surface area contributed by atoms with E-state index in [2.05, 4.69) is 33.9 Å². The lowest BCUT2D eigenvalue weighted by Gasteiger charge is -2.45. The SMILES string of the molecule is CO[C@@H]1[C@@H](OCc2ccccc2)[C@@H](O)O[C@H](CO[Si](C)(C)C(C)(C)C)[C@@H]1OCc1ccccc1. The fourth-order valence-corrected chi connectivity index (χ4v) is 4.73. The summed E-state index contributed by atoms with van der Waals surface area (Å²) in [4.78, 5) is 0. The summed E-state index contributed by atoms with van der Waals surface area (Å²) in [6.45, 7) is 12.0. The Hall–Kier alpha value is -1.58. The van der Waals surface area contributed by atoms with E-state index in [0.29, 0.717) is 19.8 Å². The van der Waals surface area contributed by atoms with Gasteiger partial charge in [-0.2, -0.15) is 0 Å². The van der Waals surface area contributed by atoms with Crippen molar-refractivity contribution in [1.82, 2.24) is 0 Å². The maximum absolute atomic E-state index is 10.9. The lowest BCUT2D eigenvalue weighted by molar-refractivity contribution is -0.309. The highest BCUT2D eigenvalue weighted by atomic mass is 28.4. The average molecular weight is 489 g/mol. The van der Waals surface area contributed by atoms with Crippen molar-refractivity contribution in [1.29, 1.82) is 0 Å². The smallest absolute Gasteiger partial charge is 0.192 e. The Labute approximate surface area is 205 Å². The Kier molecular flexibility index (Phi) is 9.46. The van der Waals surface area contributed by atoms with E-state index in [1.165, 1.54) is 0 Å². The predicted molar refractivity (Wildman–Crippen MR) is 135 cm³/mol. The molecule has 0 spiro atoms. The molecule has 0 aliphatic carbocycles. The normalized spacial score (nSPS) is 25.9. The number of benzene rings is 2. The number of aliphatic hydroxyl groups excluding tert-OH is 1. The van der Waals surface area contributed by atoms with Crippen molar-refractivity contribution in [3.8, 4) is 0 Å². The Morgan fingerprint density at radius 1 is 0.824 bits per heavy atom. The third kappa shape index (κ3) is 6.98. The molecule has 1 heterocycles. The van der Waals surface area contributed by atoms with Gasteiger partial charge in [0.15, 0.2) is 14.6 Å². The molecular formula is C27H40O6Si. The van der Waals surface area contributed by atoms with E-state index in [1.807, 2.05) is 60.7 Å². The second-order valence-electron chi connectivity index (χ2n) is 10.4. The van der Waals surface area contributed by atoms with Crippen molar-refractivity contribution >= 4 is 8.32 Å². The quantitative estimate of drug-likeness (QED) is 0.479. The number of aliphatic hydroxyl groups is 1. The lowest BCUT2D eigenvalue weighted by Crippen LogP contribution is -2.61. The van der Waals surface area contributed by atoms with Crippen LogP contribution in [0.1, 0.15) is 31.9 Å². The van der Waals surface area contributed by atoms with Crippen LogP contribution in [0.25, 0.3) is 0 Å². The minimum Gasteiger partial charge on any atom is -0.414 e. The van der Waals surface area contributed by atoms with Crippen molar-refractivity contribution in [3.05, 3.63) is 71.8 Å². The van der Waals surface area contributed by atoms with Gasteiger partial charge in [0.25, 0.3) is 0 Å². The van der Waals surface area contributed by atoms with Gasteiger partial charge in [0.05, 0.1) is 19.8 Å². The van der Waals surface area contributed by atoms with Crippen molar-refractivity contribution in [2.24, 2.45) is 0 Å². The van der Waals surface area contributed by atoms with Gasteiger partial charge in [-0.3, -0.25) is 0 Å². The molecule has 1 fully saturated rings. The molecule has 0 saturated carbocycles. The summed E-state index contributed by atoms with van der Waals surface area (Å²) in [5.74, 6) is 0. The van der Waals surface area contributed by atoms with Crippen LogP contribution in [-0.2, 0) is 36.6 Å². The zero-order valence-corrected chi connectivity index (χ0v) is 22.3. The minimum absolute atomic E-state index is 0.0582. The number of ether oxygens (including phenoxy) is 4. The fourth-order valence-electron chi connectivity index (χ4n) is 3.72. The molecule has 0 unspecified atom stereocenters. The molecule has 7 heteroatoms. The summed E-state index contributed by atoms with van der Waals surface area (Å²) in [5.41, 5.74) is 2.06. The molecule has 6 nitrogen and oxygen atoms in total. The maximum Gasteiger partial charge on any atom is 0.192 e.